The Morgan fingerprint density at radius 2 is 1.90 bits per heavy atom. The molecule has 1 aromatic rings. The number of halogens is 3. The monoisotopic (exact) mass is 288 g/mol. The SMILES string of the molecule is CCCN(CC(=O)NCC(F)(F)F)Cc1ccccc1. The summed E-state index contributed by atoms with van der Waals surface area (Å²) in [5.74, 6) is -0.605. The molecule has 0 radical (unpaired) electrons. The number of benzene rings is 1. The highest BCUT2D eigenvalue weighted by Crippen LogP contribution is 2.12. The second-order valence-electron chi connectivity index (χ2n) is 4.59. The molecule has 0 saturated carbocycles. The van der Waals surface area contributed by atoms with E-state index in [0.29, 0.717) is 13.1 Å². The standard InChI is InChI=1S/C14H19F3N2O/c1-2-8-19(9-12-6-4-3-5-7-12)10-13(20)18-11-14(15,16)17/h3-7H,2,8-11H2,1H3,(H,18,20). The molecule has 0 bridgehead atoms. The predicted molar refractivity (Wildman–Crippen MR) is 71.1 cm³/mol. The van der Waals surface area contributed by atoms with E-state index in [1.165, 1.54) is 0 Å². The first-order chi connectivity index (χ1) is 9.40. The number of hydrogen-bond acceptors (Lipinski definition) is 2. The highest BCUT2D eigenvalue weighted by atomic mass is 19.4. The van der Waals surface area contributed by atoms with Crippen LogP contribution in [0.5, 0.6) is 0 Å². The van der Waals surface area contributed by atoms with E-state index in [0.717, 1.165) is 12.0 Å². The smallest absolute Gasteiger partial charge is 0.346 e. The van der Waals surface area contributed by atoms with E-state index in [4.69, 9.17) is 0 Å². The largest absolute Gasteiger partial charge is 0.405 e. The van der Waals surface area contributed by atoms with Crippen molar-refractivity contribution in [2.24, 2.45) is 0 Å². The van der Waals surface area contributed by atoms with E-state index < -0.39 is 18.6 Å². The summed E-state index contributed by atoms with van der Waals surface area (Å²) in [6, 6.07) is 9.53. The van der Waals surface area contributed by atoms with Crippen LogP contribution in [-0.4, -0.2) is 36.6 Å². The van der Waals surface area contributed by atoms with Crippen LogP contribution in [0.15, 0.2) is 30.3 Å². The van der Waals surface area contributed by atoms with Gasteiger partial charge in [0.25, 0.3) is 0 Å². The fourth-order valence-corrected chi connectivity index (χ4v) is 1.83. The molecule has 0 atom stereocenters. The Labute approximate surface area is 116 Å². The van der Waals surface area contributed by atoms with E-state index in [1.54, 1.807) is 0 Å². The molecule has 112 valence electrons. The molecule has 0 heterocycles. The first kappa shape index (κ1) is 16.5. The average Bonchev–Trinajstić information content (AvgIpc) is 2.37. The van der Waals surface area contributed by atoms with Crippen molar-refractivity contribution in [1.29, 1.82) is 0 Å². The number of nitrogens with zero attached hydrogens (tertiary/aromatic N) is 1. The van der Waals surface area contributed by atoms with E-state index >= 15 is 0 Å². The van der Waals surface area contributed by atoms with Gasteiger partial charge in [-0.1, -0.05) is 37.3 Å². The van der Waals surface area contributed by atoms with Crippen LogP contribution >= 0.6 is 0 Å². The third kappa shape index (κ3) is 7.13. The Kier molecular flexibility index (Phi) is 6.51. The third-order valence-corrected chi connectivity index (χ3v) is 2.64. The number of alkyl halides is 3. The van der Waals surface area contributed by atoms with Crippen molar-refractivity contribution in [3.05, 3.63) is 35.9 Å². The second-order valence-corrected chi connectivity index (χ2v) is 4.59. The van der Waals surface area contributed by atoms with Gasteiger partial charge in [0.1, 0.15) is 6.54 Å². The van der Waals surface area contributed by atoms with Crippen LogP contribution in [0.3, 0.4) is 0 Å². The molecule has 1 N–H and O–H groups in total. The minimum Gasteiger partial charge on any atom is -0.346 e. The molecule has 6 heteroatoms. The maximum absolute atomic E-state index is 12.0. The van der Waals surface area contributed by atoms with E-state index in [2.05, 4.69) is 0 Å². The van der Waals surface area contributed by atoms with Crippen molar-refractivity contribution in [2.45, 2.75) is 26.1 Å². The van der Waals surface area contributed by atoms with Crippen molar-refractivity contribution < 1.29 is 18.0 Å². The number of amides is 1. The second kappa shape index (κ2) is 7.89. The Morgan fingerprint density at radius 3 is 2.45 bits per heavy atom. The van der Waals surface area contributed by atoms with E-state index in [-0.39, 0.29) is 6.54 Å². The zero-order chi connectivity index (χ0) is 15.0. The lowest BCUT2D eigenvalue weighted by Gasteiger charge is -2.21. The van der Waals surface area contributed by atoms with Crippen molar-refractivity contribution >= 4 is 5.91 Å². The van der Waals surface area contributed by atoms with Gasteiger partial charge in [0, 0.05) is 6.54 Å². The molecule has 0 fully saturated rings. The molecule has 1 rings (SSSR count). The molecule has 0 aromatic heterocycles. The molecule has 0 spiro atoms. The average molecular weight is 288 g/mol. The molecule has 0 aliphatic rings. The summed E-state index contributed by atoms with van der Waals surface area (Å²) in [6.45, 7) is 1.87. The molecule has 1 amide bonds. The van der Waals surface area contributed by atoms with Crippen molar-refractivity contribution in [3.63, 3.8) is 0 Å². The Balaban J connectivity index is 2.48. The molecular weight excluding hydrogens is 269 g/mol. The van der Waals surface area contributed by atoms with Gasteiger partial charge in [-0.25, -0.2) is 0 Å². The topological polar surface area (TPSA) is 32.3 Å². The Bertz CT molecular complexity index is 407. The van der Waals surface area contributed by atoms with Gasteiger partial charge in [-0.05, 0) is 18.5 Å². The molecule has 3 nitrogen and oxygen atoms in total. The number of carbonyl (C=O) groups is 1. The fraction of sp³-hybridized carbons (Fsp3) is 0.500. The molecule has 0 saturated heterocycles. The molecule has 0 aliphatic heterocycles. The van der Waals surface area contributed by atoms with Gasteiger partial charge in [-0.15, -0.1) is 0 Å². The summed E-state index contributed by atoms with van der Waals surface area (Å²) in [5.41, 5.74) is 1.03. The van der Waals surface area contributed by atoms with Crippen LogP contribution < -0.4 is 5.32 Å². The normalized spacial score (nSPS) is 11.7. The van der Waals surface area contributed by atoms with Crippen molar-refractivity contribution in [1.82, 2.24) is 10.2 Å². The molecule has 20 heavy (non-hydrogen) atoms. The summed E-state index contributed by atoms with van der Waals surface area (Å²) < 4.78 is 36.1. The molecule has 0 aliphatic carbocycles. The first-order valence-electron chi connectivity index (χ1n) is 6.50. The lowest BCUT2D eigenvalue weighted by molar-refractivity contribution is -0.139. The first-order valence-corrected chi connectivity index (χ1v) is 6.50. The zero-order valence-electron chi connectivity index (χ0n) is 11.4. The van der Waals surface area contributed by atoms with E-state index in [9.17, 15) is 18.0 Å². The number of nitrogens with one attached hydrogen (secondary N) is 1. The van der Waals surface area contributed by atoms with Crippen LogP contribution in [-0.2, 0) is 11.3 Å². The van der Waals surface area contributed by atoms with Crippen LogP contribution in [0.2, 0.25) is 0 Å². The lowest BCUT2D eigenvalue weighted by Crippen LogP contribution is -2.41. The van der Waals surface area contributed by atoms with Crippen LogP contribution in [0, 0.1) is 0 Å². The Morgan fingerprint density at radius 1 is 1.25 bits per heavy atom. The molecule has 1 aromatic carbocycles. The fourth-order valence-electron chi connectivity index (χ4n) is 1.83. The maximum Gasteiger partial charge on any atom is 0.405 e. The molecule has 0 unspecified atom stereocenters. The van der Waals surface area contributed by atoms with Gasteiger partial charge in [-0.2, -0.15) is 13.2 Å². The van der Waals surface area contributed by atoms with Gasteiger partial charge < -0.3 is 5.32 Å². The molecular formula is C14H19F3N2O. The van der Waals surface area contributed by atoms with E-state index in [1.807, 2.05) is 47.5 Å². The van der Waals surface area contributed by atoms with Crippen LogP contribution in [0.25, 0.3) is 0 Å². The van der Waals surface area contributed by atoms with Gasteiger partial charge in [0.2, 0.25) is 5.91 Å². The minimum absolute atomic E-state index is 0.0290. The predicted octanol–water partition coefficient (Wildman–Crippen LogP) is 2.58. The van der Waals surface area contributed by atoms with Gasteiger partial charge in [-0.3, -0.25) is 9.69 Å². The minimum atomic E-state index is -4.37. The zero-order valence-corrected chi connectivity index (χ0v) is 11.4. The number of rotatable bonds is 7. The Hall–Kier alpha value is -1.56. The summed E-state index contributed by atoms with van der Waals surface area (Å²) in [4.78, 5) is 13.3. The highest BCUT2D eigenvalue weighted by Gasteiger charge is 2.27. The number of carbonyl (C=O) groups excluding carboxylic acids is 1. The quantitative estimate of drug-likeness (QED) is 0.836. The van der Waals surface area contributed by atoms with Crippen LogP contribution in [0.1, 0.15) is 18.9 Å². The van der Waals surface area contributed by atoms with Gasteiger partial charge in [0.15, 0.2) is 0 Å². The van der Waals surface area contributed by atoms with Crippen LogP contribution in [0.4, 0.5) is 13.2 Å². The lowest BCUT2D eigenvalue weighted by atomic mass is 10.2. The number of hydrogen-bond donors (Lipinski definition) is 1. The summed E-state index contributed by atoms with van der Waals surface area (Å²) in [7, 11) is 0. The third-order valence-electron chi connectivity index (χ3n) is 2.64. The summed E-state index contributed by atoms with van der Waals surface area (Å²) in [6.07, 6.45) is -3.54. The highest BCUT2D eigenvalue weighted by molar-refractivity contribution is 5.78. The van der Waals surface area contributed by atoms with Crippen molar-refractivity contribution in [3.8, 4) is 0 Å². The van der Waals surface area contributed by atoms with Gasteiger partial charge >= 0.3 is 6.18 Å². The summed E-state index contributed by atoms with van der Waals surface area (Å²) >= 11 is 0. The summed E-state index contributed by atoms with van der Waals surface area (Å²) in [5, 5.41) is 1.89. The maximum atomic E-state index is 12.0. The van der Waals surface area contributed by atoms with Crippen molar-refractivity contribution in [2.75, 3.05) is 19.6 Å². The van der Waals surface area contributed by atoms with Gasteiger partial charge in [0.05, 0.1) is 6.54 Å².